The maximum atomic E-state index is 10.2. The summed E-state index contributed by atoms with van der Waals surface area (Å²) in [6, 6.07) is 0. The average molecular weight is 425 g/mol. The van der Waals surface area contributed by atoms with E-state index in [0.717, 1.165) is 24.0 Å². The smallest absolute Gasteiger partial charge is 0.119 e. The molecule has 0 aliphatic heterocycles. The second-order valence-corrected chi connectivity index (χ2v) is 11.5. The van der Waals surface area contributed by atoms with Crippen molar-refractivity contribution in [2.45, 2.75) is 103 Å². The van der Waals surface area contributed by atoms with Gasteiger partial charge in [-0.2, -0.15) is 0 Å². The zero-order chi connectivity index (χ0) is 22.4. The molecule has 0 aromatic carbocycles. The number of fused-ring (bicyclic) bond motifs is 1. The molecule has 0 bridgehead atoms. The Bertz CT molecular complexity index is 842. The van der Waals surface area contributed by atoms with Crippen LogP contribution in [0.25, 0.3) is 0 Å². The van der Waals surface area contributed by atoms with Gasteiger partial charge in [-0.3, -0.25) is 0 Å². The van der Waals surface area contributed by atoms with E-state index < -0.39 is 17.8 Å². The number of hydrogen-bond donors (Lipinski definition) is 3. The fraction of sp³-hybridized carbons (Fsp3) is 0.714. The molecule has 0 saturated heterocycles. The summed E-state index contributed by atoms with van der Waals surface area (Å²) in [5.41, 5.74) is 3.10. The number of aliphatic hydroxyl groups is 3. The number of allylic oxidation sites excluding steroid dienone is 3. The highest BCUT2D eigenvalue weighted by Crippen LogP contribution is 2.69. The van der Waals surface area contributed by atoms with Crippen molar-refractivity contribution in [3.63, 3.8) is 0 Å². The maximum absolute atomic E-state index is 10.2. The van der Waals surface area contributed by atoms with Crippen LogP contribution in [0.2, 0.25) is 0 Å². The second-order valence-electron chi connectivity index (χ2n) is 11.5. The molecular formula is C28H40O3. The molecule has 3 N–H and O–H groups in total. The van der Waals surface area contributed by atoms with Crippen molar-refractivity contribution in [3.05, 3.63) is 35.5 Å². The predicted octanol–water partition coefficient (Wildman–Crippen LogP) is 5.07. The Morgan fingerprint density at radius 3 is 2.58 bits per heavy atom. The maximum Gasteiger partial charge on any atom is 0.119 e. The molecule has 4 aliphatic rings. The average Bonchev–Trinajstić information content (AvgIpc) is 3.35. The first-order valence-electron chi connectivity index (χ1n) is 12.2. The van der Waals surface area contributed by atoms with E-state index in [2.05, 4.69) is 37.5 Å². The summed E-state index contributed by atoms with van der Waals surface area (Å²) in [5, 5.41) is 30.2. The van der Waals surface area contributed by atoms with Crippen molar-refractivity contribution in [1.82, 2.24) is 0 Å². The lowest BCUT2D eigenvalue weighted by Crippen LogP contribution is -2.37. The van der Waals surface area contributed by atoms with Gasteiger partial charge in [-0.25, -0.2) is 0 Å². The van der Waals surface area contributed by atoms with Gasteiger partial charge in [-0.05, 0) is 99.0 Å². The SMILES string of the molecule is C=C1/C(=C\C=C2/CCC[C@]3(C)[C@@H](C4(CC#CC(C)(C)O)CC4)CC[C@@H]23)C[C@@H](O)C[C@@H]1O. The molecule has 3 heteroatoms. The van der Waals surface area contributed by atoms with Gasteiger partial charge in [-0.1, -0.05) is 43.1 Å². The largest absolute Gasteiger partial charge is 0.393 e. The minimum absolute atomic E-state index is 0.331. The topological polar surface area (TPSA) is 60.7 Å². The van der Waals surface area contributed by atoms with E-state index in [4.69, 9.17) is 0 Å². The van der Waals surface area contributed by atoms with Gasteiger partial charge in [0.25, 0.3) is 0 Å². The van der Waals surface area contributed by atoms with Gasteiger partial charge >= 0.3 is 0 Å². The normalized spacial score (nSPS) is 39.9. The van der Waals surface area contributed by atoms with E-state index >= 15 is 0 Å². The molecule has 0 amide bonds. The van der Waals surface area contributed by atoms with Gasteiger partial charge in [0, 0.05) is 12.8 Å². The van der Waals surface area contributed by atoms with Gasteiger partial charge in [0.2, 0.25) is 0 Å². The number of rotatable bonds is 3. The molecule has 0 unspecified atom stereocenters. The van der Waals surface area contributed by atoms with Crippen LogP contribution in [0, 0.1) is 34.5 Å². The number of aliphatic hydroxyl groups excluding tert-OH is 2. The zero-order valence-electron chi connectivity index (χ0n) is 19.6. The van der Waals surface area contributed by atoms with Crippen molar-refractivity contribution in [2.24, 2.45) is 22.7 Å². The third kappa shape index (κ3) is 4.58. The quantitative estimate of drug-likeness (QED) is 0.554. The molecule has 4 fully saturated rings. The van der Waals surface area contributed by atoms with Crippen molar-refractivity contribution in [1.29, 1.82) is 0 Å². The summed E-state index contributed by atoms with van der Waals surface area (Å²) in [7, 11) is 0. The van der Waals surface area contributed by atoms with Crippen molar-refractivity contribution in [3.8, 4) is 11.8 Å². The Morgan fingerprint density at radius 2 is 1.90 bits per heavy atom. The summed E-state index contributed by atoms with van der Waals surface area (Å²) in [5.74, 6) is 7.70. The van der Waals surface area contributed by atoms with Crippen LogP contribution in [0.4, 0.5) is 0 Å². The highest BCUT2D eigenvalue weighted by molar-refractivity contribution is 5.39. The Kier molecular flexibility index (Phi) is 6.05. The minimum atomic E-state index is -0.906. The van der Waals surface area contributed by atoms with Crippen LogP contribution in [-0.2, 0) is 0 Å². The molecule has 4 saturated carbocycles. The van der Waals surface area contributed by atoms with Crippen LogP contribution < -0.4 is 0 Å². The van der Waals surface area contributed by atoms with Crippen LogP contribution in [0.1, 0.15) is 85.0 Å². The molecule has 3 nitrogen and oxygen atoms in total. The molecule has 0 spiro atoms. The highest BCUT2D eigenvalue weighted by Gasteiger charge is 2.60. The van der Waals surface area contributed by atoms with E-state index in [0.29, 0.717) is 35.5 Å². The molecule has 4 aliphatic carbocycles. The second kappa shape index (κ2) is 8.22. The lowest BCUT2D eigenvalue weighted by Gasteiger charge is -2.45. The van der Waals surface area contributed by atoms with Gasteiger partial charge in [-0.15, -0.1) is 0 Å². The van der Waals surface area contributed by atoms with E-state index in [1.807, 2.05) is 0 Å². The third-order valence-electron chi connectivity index (χ3n) is 8.69. The van der Waals surface area contributed by atoms with Crippen LogP contribution in [0.3, 0.4) is 0 Å². The zero-order valence-corrected chi connectivity index (χ0v) is 19.6. The molecule has 170 valence electrons. The Labute approximate surface area is 188 Å². The van der Waals surface area contributed by atoms with E-state index in [-0.39, 0.29) is 0 Å². The molecule has 0 aromatic rings. The fourth-order valence-electron chi connectivity index (χ4n) is 6.96. The first-order chi connectivity index (χ1) is 14.5. The van der Waals surface area contributed by atoms with E-state index in [1.165, 1.54) is 38.5 Å². The molecular weight excluding hydrogens is 384 g/mol. The summed E-state index contributed by atoms with van der Waals surface area (Å²) in [4.78, 5) is 0. The van der Waals surface area contributed by atoms with Crippen LogP contribution in [0.15, 0.2) is 35.5 Å². The minimum Gasteiger partial charge on any atom is -0.393 e. The molecule has 31 heavy (non-hydrogen) atoms. The van der Waals surface area contributed by atoms with Crippen molar-refractivity contribution >= 4 is 0 Å². The van der Waals surface area contributed by atoms with Gasteiger partial charge < -0.3 is 15.3 Å². The van der Waals surface area contributed by atoms with Crippen LogP contribution >= 0.6 is 0 Å². The number of hydrogen-bond acceptors (Lipinski definition) is 3. The summed E-state index contributed by atoms with van der Waals surface area (Å²) < 4.78 is 0. The van der Waals surface area contributed by atoms with Crippen molar-refractivity contribution in [2.75, 3.05) is 0 Å². The fourth-order valence-corrected chi connectivity index (χ4v) is 6.96. The van der Waals surface area contributed by atoms with E-state index in [9.17, 15) is 15.3 Å². The lowest BCUT2D eigenvalue weighted by molar-refractivity contribution is 0.0815. The van der Waals surface area contributed by atoms with Crippen LogP contribution in [0.5, 0.6) is 0 Å². The third-order valence-corrected chi connectivity index (χ3v) is 8.69. The predicted molar refractivity (Wildman–Crippen MR) is 125 cm³/mol. The Balaban J connectivity index is 1.53. The molecule has 0 heterocycles. The van der Waals surface area contributed by atoms with Gasteiger partial charge in [0.1, 0.15) is 5.60 Å². The summed E-state index contributed by atoms with van der Waals surface area (Å²) in [6.07, 6.45) is 14.0. The van der Waals surface area contributed by atoms with E-state index in [1.54, 1.807) is 19.4 Å². The molecule has 0 radical (unpaired) electrons. The molecule has 5 atom stereocenters. The first-order valence-corrected chi connectivity index (χ1v) is 12.2. The summed E-state index contributed by atoms with van der Waals surface area (Å²) >= 11 is 0. The summed E-state index contributed by atoms with van der Waals surface area (Å²) in [6.45, 7) is 10.1. The highest BCUT2D eigenvalue weighted by atomic mass is 16.3. The van der Waals surface area contributed by atoms with Crippen LogP contribution in [-0.4, -0.2) is 33.1 Å². The molecule has 4 rings (SSSR count). The standard InChI is InChI=1S/C28H40O3/c1-19-21(17-22(29)18-24(19)30)9-8-20-7-5-13-27(4)23(20)10-11-25(27)28(15-16-28)14-6-12-26(2,3)31/h8-9,22-25,29-31H,1,5,7,10-11,13-18H2,2-4H3/b20-8+,21-9-/t22-,23+,24+,25+,27+/m1/s1. The lowest BCUT2D eigenvalue weighted by atomic mass is 9.59. The molecule has 0 aromatic heterocycles. The Hall–Kier alpha value is -1.34. The van der Waals surface area contributed by atoms with Gasteiger partial charge in [0.05, 0.1) is 12.2 Å². The first kappa shape index (κ1) is 22.8. The monoisotopic (exact) mass is 424 g/mol. The van der Waals surface area contributed by atoms with Gasteiger partial charge in [0.15, 0.2) is 0 Å². The Morgan fingerprint density at radius 1 is 1.16 bits per heavy atom. The van der Waals surface area contributed by atoms with Crippen molar-refractivity contribution < 1.29 is 15.3 Å².